The number of carbonyl (C=O) groups is 2. The third-order valence-corrected chi connectivity index (χ3v) is 6.39. The first kappa shape index (κ1) is 22.3. The zero-order valence-corrected chi connectivity index (χ0v) is 17.2. The Kier molecular flexibility index (Phi) is 5.96. The van der Waals surface area contributed by atoms with Crippen molar-refractivity contribution >= 4 is 11.9 Å². The third-order valence-electron chi connectivity index (χ3n) is 6.39. The van der Waals surface area contributed by atoms with E-state index in [0.717, 1.165) is 0 Å². The smallest absolute Gasteiger partial charge is 0.435 e. The fourth-order valence-corrected chi connectivity index (χ4v) is 4.64. The van der Waals surface area contributed by atoms with Gasteiger partial charge in [-0.15, -0.1) is 0 Å². The number of aliphatic carboxylic acids is 1. The van der Waals surface area contributed by atoms with Gasteiger partial charge in [0.25, 0.3) is 0 Å². The van der Waals surface area contributed by atoms with Crippen LogP contribution in [-0.2, 0) is 35.3 Å². The van der Waals surface area contributed by atoms with E-state index in [0.29, 0.717) is 36.9 Å². The number of hydrogen-bond donors (Lipinski definition) is 1. The van der Waals surface area contributed by atoms with E-state index in [1.165, 1.54) is 28.9 Å². The summed E-state index contributed by atoms with van der Waals surface area (Å²) in [6, 6.07) is 5.45. The summed E-state index contributed by atoms with van der Waals surface area (Å²) in [6.45, 7) is 0.206. The second-order valence-electron chi connectivity index (χ2n) is 8.45. The average Bonchev–Trinajstić information content (AvgIpc) is 3.13. The Labute approximate surface area is 181 Å². The predicted molar refractivity (Wildman–Crippen MR) is 105 cm³/mol. The van der Waals surface area contributed by atoms with Gasteiger partial charge in [-0.1, -0.05) is 12.1 Å². The Hall–Kier alpha value is -2.91. The number of fused-ring (bicyclic) bond motifs is 1. The maximum absolute atomic E-state index is 13.6. The summed E-state index contributed by atoms with van der Waals surface area (Å²) in [6.07, 6.45) is -2.80. The van der Waals surface area contributed by atoms with E-state index in [4.69, 9.17) is 5.11 Å². The molecule has 1 amide bonds. The zero-order valence-electron chi connectivity index (χ0n) is 17.2. The first-order valence-corrected chi connectivity index (χ1v) is 10.5. The van der Waals surface area contributed by atoms with Crippen LogP contribution < -0.4 is 0 Å². The first-order chi connectivity index (χ1) is 15.1. The van der Waals surface area contributed by atoms with Crippen molar-refractivity contribution in [3.63, 3.8) is 0 Å². The molecule has 1 saturated carbocycles. The molecule has 0 unspecified atom stereocenters. The second kappa shape index (κ2) is 8.55. The highest BCUT2D eigenvalue weighted by Gasteiger charge is 2.41. The van der Waals surface area contributed by atoms with Crippen LogP contribution >= 0.6 is 0 Å². The SMILES string of the molecule is O=C(O)[C@H]1CC[C@H](C(=O)N2CCc3c(C(F)(F)F)nn(Cc4ccc(F)cc4)c3C2)CC1. The van der Waals surface area contributed by atoms with E-state index in [9.17, 15) is 27.2 Å². The number of alkyl halides is 3. The number of halogens is 4. The minimum absolute atomic E-state index is 0.0112. The third kappa shape index (κ3) is 4.49. The number of carboxylic acid groups (broad SMARTS) is 1. The summed E-state index contributed by atoms with van der Waals surface area (Å²) in [4.78, 5) is 25.7. The number of aromatic nitrogens is 2. The lowest BCUT2D eigenvalue weighted by atomic mass is 9.81. The fraction of sp³-hybridized carbons (Fsp3) is 0.500. The number of rotatable bonds is 4. The summed E-state index contributed by atoms with van der Waals surface area (Å²) in [7, 11) is 0. The van der Waals surface area contributed by atoms with Crippen LogP contribution in [-0.4, -0.2) is 38.2 Å². The average molecular weight is 453 g/mol. The van der Waals surface area contributed by atoms with Crippen molar-refractivity contribution in [3.05, 3.63) is 52.6 Å². The molecule has 1 aliphatic heterocycles. The van der Waals surface area contributed by atoms with Gasteiger partial charge in [0.2, 0.25) is 5.91 Å². The highest BCUT2D eigenvalue weighted by atomic mass is 19.4. The molecule has 0 radical (unpaired) electrons. The molecule has 1 aromatic heterocycles. The Morgan fingerprint density at radius 2 is 1.69 bits per heavy atom. The molecule has 0 bridgehead atoms. The predicted octanol–water partition coefficient (Wildman–Crippen LogP) is 3.87. The molecule has 1 N–H and O–H groups in total. The Morgan fingerprint density at radius 3 is 2.28 bits per heavy atom. The lowest BCUT2D eigenvalue weighted by Crippen LogP contribution is -2.42. The fourth-order valence-electron chi connectivity index (χ4n) is 4.64. The monoisotopic (exact) mass is 453 g/mol. The van der Waals surface area contributed by atoms with Gasteiger partial charge in [-0.3, -0.25) is 14.3 Å². The lowest BCUT2D eigenvalue weighted by Gasteiger charge is -2.33. The molecule has 6 nitrogen and oxygen atoms in total. The first-order valence-electron chi connectivity index (χ1n) is 10.5. The van der Waals surface area contributed by atoms with Gasteiger partial charge in [-0.05, 0) is 49.8 Å². The highest BCUT2D eigenvalue weighted by molar-refractivity contribution is 5.79. The van der Waals surface area contributed by atoms with Crippen LogP contribution in [0.4, 0.5) is 17.6 Å². The Morgan fingerprint density at radius 1 is 1.06 bits per heavy atom. The summed E-state index contributed by atoms with van der Waals surface area (Å²) in [5.74, 6) is -2.21. The van der Waals surface area contributed by atoms with E-state index in [-0.39, 0.29) is 43.4 Å². The zero-order chi connectivity index (χ0) is 23.0. The normalized spacial score (nSPS) is 21.3. The van der Waals surface area contributed by atoms with Gasteiger partial charge in [0.05, 0.1) is 24.7 Å². The van der Waals surface area contributed by atoms with Gasteiger partial charge < -0.3 is 10.0 Å². The molecule has 172 valence electrons. The molecule has 1 fully saturated rings. The molecule has 4 rings (SSSR count). The van der Waals surface area contributed by atoms with Crippen molar-refractivity contribution in [2.75, 3.05) is 6.54 Å². The Balaban J connectivity index is 1.55. The number of nitrogens with zero attached hydrogens (tertiary/aromatic N) is 3. The van der Waals surface area contributed by atoms with Crippen LogP contribution in [0.3, 0.4) is 0 Å². The number of hydrogen-bond acceptors (Lipinski definition) is 3. The van der Waals surface area contributed by atoms with Crippen LogP contribution in [0.25, 0.3) is 0 Å². The van der Waals surface area contributed by atoms with Crippen LogP contribution in [0.1, 0.15) is 48.2 Å². The minimum Gasteiger partial charge on any atom is -0.481 e. The van der Waals surface area contributed by atoms with E-state index < -0.39 is 29.6 Å². The van der Waals surface area contributed by atoms with E-state index >= 15 is 0 Å². The maximum Gasteiger partial charge on any atom is 0.435 e. The number of benzene rings is 1. The summed E-state index contributed by atoms with van der Waals surface area (Å²) >= 11 is 0. The molecular formula is C22H23F4N3O3. The second-order valence-corrected chi connectivity index (χ2v) is 8.45. The summed E-state index contributed by atoms with van der Waals surface area (Å²) in [5, 5.41) is 12.9. The standard InChI is InChI=1S/C22H23F4N3O3/c23-16-7-1-13(2-8-16)11-29-18-12-28(10-9-17(18)19(27-29)22(24,25)26)20(30)14-3-5-15(6-4-14)21(31)32/h1-2,7-8,14-15H,3-6,9-12H2,(H,31,32)/t14-,15-. The molecule has 1 aromatic carbocycles. The molecule has 10 heteroatoms. The number of amides is 1. The Bertz CT molecular complexity index is 1010. The maximum atomic E-state index is 13.6. The van der Waals surface area contributed by atoms with E-state index in [1.807, 2.05) is 0 Å². The molecule has 2 aromatic rings. The summed E-state index contributed by atoms with van der Waals surface area (Å²) in [5.41, 5.74) is 0.0864. The van der Waals surface area contributed by atoms with Crippen LogP contribution in [0.2, 0.25) is 0 Å². The molecule has 0 spiro atoms. The molecule has 2 aliphatic rings. The molecule has 32 heavy (non-hydrogen) atoms. The minimum atomic E-state index is -4.61. The van der Waals surface area contributed by atoms with Gasteiger partial charge >= 0.3 is 12.1 Å². The van der Waals surface area contributed by atoms with Gasteiger partial charge in [-0.2, -0.15) is 18.3 Å². The molecule has 0 atom stereocenters. The van der Waals surface area contributed by atoms with Crippen molar-refractivity contribution < 1.29 is 32.3 Å². The van der Waals surface area contributed by atoms with Gasteiger partial charge in [0.1, 0.15) is 5.82 Å². The molecule has 2 heterocycles. The quantitative estimate of drug-likeness (QED) is 0.714. The van der Waals surface area contributed by atoms with Gasteiger partial charge in [0, 0.05) is 18.0 Å². The highest BCUT2D eigenvalue weighted by Crippen LogP contribution is 2.36. The van der Waals surface area contributed by atoms with Crippen molar-refractivity contribution in [3.8, 4) is 0 Å². The van der Waals surface area contributed by atoms with Gasteiger partial charge in [-0.25, -0.2) is 4.39 Å². The number of carboxylic acids is 1. The molecular weight excluding hydrogens is 430 g/mol. The van der Waals surface area contributed by atoms with E-state index in [2.05, 4.69) is 5.10 Å². The molecule has 0 saturated heterocycles. The largest absolute Gasteiger partial charge is 0.481 e. The van der Waals surface area contributed by atoms with Crippen molar-refractivity contribution in [1.29, 1.82) is 0 Å². The topological polar surface area (TPSA) is 75.4 Å². The summed E-state index contributed by atoms with van der Waals surface area (Å²) < 4.78 is 55.2. The van der Waals surface area contributed by atoms with Crippen molar-refractivity contribution in [2.24, 2.45) is 11.8 Å². The molecule has 1 aliphatic carbocycles. The van der Waals surface area contributed by atoms with Crippen LogP contribution in [0.5, 0.6) is 0 Å². The van der Waals surface area contributed by atoms with Crippen LogP contribution in [0, 0.1) is 17.7 Å². The van der Waals surface area contributed by atoms with Gasteiger partial charge in [0.15, 0.2) is 5.69 Å². The lowest BCUT2D eigenvalue weighted by molar-refractivity contribution is -0.146. The van der Waals surface area contributed by atoms with Crippen molar-refractivity contribution in [1.82, 2.24) is 14.7 Å². The number of carbonyl (C=O) groups excluding carboxylic acids is 1. The van der Waals surface area contributed by atoms with Crippen LogP contribution in [0.15, 0.2) is 24.3 Å². The van der Waals surface area contributed by atoms with Crippen molar-refractivity contribution in [2.45, 2.75) is 51.4 Å². The van der Waals surface area contributed by atoms with E-state index in [1.54, 1.807) is 4.90 Å².